The van der Waals surface area contributed by atoms with Crippen molar-refractivity contribution in [3.63, 3.8) is 0 Å². The monoisotopic (exact) mass is 351 g/mol. The third-order valence-corrected chi connectivity index (χ3v) is 4.06. The van der Waals surface area contributed by atoms with Gasteiger partial charge in [-0.2, -0.15) is 0 Å². The summed E-state index contributed by atoms with van der Waals surface area (Å²) in [6.07, 6.45) is 0.902. The van der Waals surface area contributed by atoms with Crippen LogP contribution in [0.5, 0.6) is 0 Å². The Bertz CT molecular complexity index is 537. The highest BCUT2D eigenvalue weighted by molar-refractivity contribution is 5.74. The van der Waals surface area contributed by atoms with Gasteiger partial charge in [-0.1, -0.05) is 12.1 Å². The molecule has 5 nitrogen and oxygen atoms in total. The summed E-state index contributed by atoms with van der Waals surface area (Å²) in [5.74, 6) is -0.262. The van der Waals surface area contributed by atoms with Gasteiger partial charge in [-0.05, 0) is 44.9 Å². The first-order valence-corrected chi connectivity index (χ1v) is 8.95. The van der Waals surface area contributed by atoms with Crippen molar-refractivity contribution < 1.29 is 13.9 Å². The summed E-state index contributed by atoms with van der Waals surface area (Å²) in [5, 5.41) is 3.02. The van der Waals surface area contributed by atoms with E-state index in [4.69, 9.17) is 4.74 Å². The smallest absolute Gasteiger partial charge is 0.318 e. The van der Waals surface area contributed by atoms with E-state index < -0.39 is 0 Å². The number of rotatable bonds is 6. The lowest BCUT2D eigenvalue weighted by Crippen LogP contribution is -2.49. The molecule has 0 radical (unpaired) electrons. The maximum Gasteiger partial charge on any atom is 0.318 e. The number of morpholine rings is 1. The average Bonchev–Trinajstić information content (AvgIpc) is 2.55. The first-order chi connectivity index (χ1) is 11.8. The Hall–Kier alpha value is -1.66. The number of carbonyl (C=O) groups excluding carboxylic acids is 1. The minimum absolute atomic E-state index is 0.0844. The number of urea groups is 1. The van der Waals surface area contributed by atoms with Crippen LogP contribution in [0.25, 0.3) is 0 Å². The van der Waals surface area contributed by atoms with Crippen molar-refractivity contribution in [1.29, 1.82) is 0 Å². The Balaban J connectivity index is 1.92. The third-order valence-electron chi connectivity index (χ3n) is 4.06. The van der Waals surface area contributed by atoms with E-state index >= 15 is 0 Å². The lowest BCUT2D eigenvalue weighted by atomic mass is 10.1. The number of benzene rings is 1. The Morgan fingerprint density at radius 3 is 2.48 bits per heavy atom. The molecule has 140 valence electrons. The minimum atomic E-state index is -0.289. The van der Waals surface area contributed by atoms with Gasteiger partial charge in [0.05, 0.1) is 13.2 Å². The largest absolute Gasteiger partial charge is 0.379 e. The zero-order valence-electron chi connectivity index (χ0n) is 15.6. The number of ether oxygens (including phenoxy) is 1. The molecule has 2 rings (SSSR count). The average molecular weight is 351 g/mol. The van der Waals surface area contributed by atoms with Crippen LogP contribution in [-0.2, 0) is 11.3 Å². The summed E-state index contributed by atoms with van der Waals surface area (Å²) in [4.78, 5) is 16.8. The van der Waals surface area contributed by atoms with Gasteiger partial charge in [-0.3, -0.25) is 4.90 Å². The standard InChI is InChI=1S/C19H30FN3O2/c1-19(2,3)21-18(24)23(15-16-5-7-17(20)8-6-16)10-4-9-22-11-13-25-14-12-22/h5-8H,4,9-15H2,1-3H3,(H,21,24). The first kappa shape index (κ1) is 19.7. The molecule has 1 N–H and O–H groups in total. The Morgan fingerprint density at radius 1 is 1.24 bits per heavy atom. The van der Waals surface area contributed by atoms with E-state index in [1.165, 1.54) is 12.1 Å². The molecular weight excluding hydrogens is 321 g/mol. The quantitative estimate of drug-likeness (QED) is 0.857. The highest BCUT2D eigenvalue weighted by Gasteiger charge is 2.20. The highest BCUT2D eigenvalue weighted by atomic mass is 19.1. The van der Waals surface area contributed by atoms with E-state index in [1.54, 1.807) is 17.0 Å². The lowest BCUT2D eigenvalue weighted by Gasteiger charge is -2.30. The zero-order chi connectivity index (χ0) is 18.3. The van der Waals surface area contributed by atoms with Gasteiger partial charge in [0.2, 0.25) is 0 Å². The van der Waals surface area contributed by atoms with E-state index in [1.807, 2.05) is 20.8 Å². The Morgan fingerprint density at radius 2 is 1.88 bits per heavy atom. The number of carbonyl (C=O) groups is 1. The van der Waals surface area contributed by atoms with Crippen LogP contribution in [-0.4, -0.2) is 60.8 Å². The molecule has 25 heavy (non-hydrogen) atoms. The number of nitrogens with one attached hydrogen (secondary N) is 1. The summed E-state index contributed by atoms with van der Waals surface area (Å²) in [7, 11) is 0. The second-order valence-electron chi connectivity index (χ2n) is 7.54. The van der Waals surface area contributed by atoms with Gasteiger partial charge in [-0.25, -0.2) is 9.18 Å². The van der Waals surface area contributed by atoms with E-state index in [0.717, 1.165) is 44.8 Å². The van der Waals surface area contributed by atoms with Crippen LogP contribution in [0, 0.1) is 5.82 Å². The molecule has 1 aromatic rings. The predicted molar refractivity (Wildman–Crippen MR) is 97.0 cm³/mol. The maximum atomic E-state index is 13.1. The molecule has 1 heterocycles. The molecule has 0 unspecified atom stereocenters. The second kappa shape index (κ2) is 9.15. The molecule has 2 amide bonds. The van der Waals surface area contributed by atoms with Crippen LogP contribution < -0.4 is 5.32 Å². The number of hydrogen-bond donors (Lipinski definition) is 1. The SMILES string of the molecule is CC(C)(C)NC(=O)N(CCCN1CCOCC1)Cc1ccc(F)cc1. The molecule has 0 bridgehead atoms. The number of nitrogens with zero attached hydrogens (tertiary/aromatic N) is 2. The van der Waals surface area contributed by atoms with Crippen molar-refractivity contribution >= 4 is 6.03 Å². The van der Waals surface area contributed by atoms with Crippen molar-refractivity contribution in [3.8, 4) is 0 Å². The van der Waals surface area contributed by atoms with E-state index in [-0.39, 0.29) is 17.4 Å². The molecule has 0 saturated carbocycles. The van der Waals surface area contributed by atoms with Crippen molar-refractivity contribution in [2.45, 2.75) is 39.3 Å². The van der Waals surface area contributed by atoms with Crippen LogP contribution in [0.2, 0.25) is 0 Å². The third kappa shape index (κ3) is 7.40. The van der Waals surface area contributed by atoms with Crippen LogP contribution in [0.4, 0.5) is 9.18 Å². The molecule has 0 spiro atoms. The van der Waals surface area contributed by atoms with Crippen LogP contribution in [0.3, 0.4) is 0 Å². The van der Waals surface area contributed by atoms with Gasteiger partial charge in [0.25, 0.3) is 0 Å². The zero-order valence-corrected chi connectivity index (χ0v) is 15.6. The minimum Gasteiger partial charge on any atom is -0.379 e. The summed E-state index contributed by atoms with van der Waals surface area (Å²) >= 11 is 0. The Labute approximate surface area is 150 Å². The number of hydrogen-bond acceptors (Lipinski definition) is 3. The van der Waals surface area contributed by atoms with Crippen molar-refractivity contribution in [2.24, 2.45) is 0 Å². The molecule has 0 aliphatic carbocycles. The highest BCUT2D eigenvalue weighted by Crippen LogP contribution is 2.10. The summed E-state index contributed by atoms with van der Waals surface area (Å²) in [5.41, 5.74) is 0.638. The van der Waals surface area contributed by atoms with Gasteiger partial charge in [0.1, 0.15) is 5.82 Å². The van der Waals surface area contributed by atoms with Gasteiger partial charge in [0.15, 0.2) is 0 Å². The van der Waals surface area contributed by atoms with Gasteiger partial charge >= 0.3 is 6.03 Å². The molecule has 1 fully saturated rings. The normalized spacial score (nSPS) is 15.8. The van der Waals surface area contributed by atoms with E-state index in [9.17, 15) is 9.18 Å². The fourth-order valence-corrected chi connectivity index (χ4v) is 2.77. The van der Waals surface area contributed by atoms with E-state index in [0.29, 0.717) is 13.1 Å². The lowest BCUT2D eigenvalue weighted by molar-refractivity contribution is 0.0364. The molecule has 0 aromatic heterocycles. The molecular formula is C19H30FN3O2. The summed E-state index contributed by atoms with van der Waals surface area (Å²) in [6, 6.07) is 6.24. The summed E-state index contributed by atoms with van der Waals surface area (Å²) in [6.45, 7) is 11.5. The van der Waals surface area contributed by atoms with Crippen molar-refractivity contribution in [1.82, 2.24) is 15.1 Å². The van der Waals surface area contributed by atoms with Gasteiger partial charge in [-0.15, -0.1) is 0 Å². The molecule has 1 aliphatic heterocycles. The molecule has 1 aromatic carbocycles. The molecule has 1 aliphatic rings. The van der Waals surface area contributed by atoms with Gasteiger partial charge in [0, 0.05) is 38.3 Å². The number of halogens is 1. The van der Waals surface area contributed by atoms with Gasteiger partial charge < -0.3 is 15.0 Å². The predicted octanol–water partition coefficient (Wildman–Crippen LogP) is 2.86. The van der Waals surface area contributed by atoms with Crippen LogP contribution in [0.15, 0.2) is 24.3 Å². The first-order valence-electron chi connectivity index (χ1n) is 8.95. The molecule has 0 atom stereocenters. The van der Waals surface area contributed by atoms with Crippen molar-refractivity contribution in [2.75, 3.05) is 39.4 Å². The van der Waals surface area contributed by atoms with E-state index in [2.05, 4.69) is 10.2 Å². The topological polar surface area (TPSA) is 44.8 Å². The van der Waals surface area contributed by atoms with Crippen molar-refractivity contribution in [3.05, 3.63) is 35.6 Å². The Kier molecular flexibility index (Phi) is 7.20. The molecule has 1 saturated heterocycles. The summed E-state index contributed by atoms with van der Waals surface area (Å²) < 4.78 is 18.5. The second-order valence-corrected chi connectivity index (χ2v) is 7.54. The van der Waals surface area contributed by atoms with Crippen LogP contribution in [0.1, 0.15) is 32.8 Å². The fraction of sp³-hybridized carbons (Fsp3) is 0.632. The molecule has 6 heteroatoms. The maximum absolute atomic E-state index is 13.1. The fourth-order valence-electron chi connectivity index (χ4n) is 2.77. The van der Waals surface area contributed by atoms with Crippen LogP contribution >= 0.6 is 0 Å². The number of amides is 2.